The van der Waals surface area contributed by atoms with Crippen LogP contribution < -0.4 is 21.5 Å². The molecule has 4 aromatic rings. The van der Waals surface area contributed by atoms with Crippen LogP contribution in [0.4, 0.5) is 0 Å². The highest BCUT2D eigenvalue weighted by Crippen LogP contribution is 2.39. The van der Waals surface area contributed by atoms with E-state index in [9.17, 15) is 27.9 Å². The van der Waals surface area contributed by atoms with Gasteiger partial charge in [-0.25, -0.2) is 4.68 Å². The lowest BCUT2D eigenvalue weighted by Crippen LogP contribution is -2.50. The van der Waals surface area contributed by atoms with E-state index in [1.807, 2.05) is 44.2 Å². The second-order valence-corrected chi connectivity index (χ2v) is 14.9. The van der Waals surface area contributed by atoms with E-state index in [0.29, 0.717) is 40.9 Å². The Labute approximate surface area is 294 Å². The summed E-state index contributed by atoms with van der Waals surface area (Å²) in [6.07, 6.45) is 0.848. The monoisotopic (exact) mass is 729 g/mol. The van der Waals surface area contributed by atoms with Crippen molar-refractivity contribution in [3.05, 3.63) is 65.2 Å². The normalized spacial score (nSPS) is 12.8. The van der Waals surface area contributed by atoms with Gasteiger partial charge in [0.2, 0.25) is 17.0 Å². The molecule has 0 aliphatic rings. The molecule has 0 saturated carbocycles. The van der Waals surface area contributed by atoms with Crippen molar-refractivity contribution in [2.45, 2.75) is 63.9 Å². The van der Waals surface area contributed by atoms with Gasteiger partial charge in [0, 0.05) is 35.4 Å². The average molecular weight is 730 g/mol. The van der Waals surface area contributed by atoms with Gasteiger partial charge in [0.25, 0.3) is 16.0 Å². The number of primary amides is 2. The first-order valence-corrected chi connectivity index (χ1v) is 18.1. The summed E-state index contributed by atoms with van der Waals surface area (Å²) in [7, 11) is -2.38. The minimum atomic E-state index is -4.18. The van der Waals surface area contributed by atoms with Gasteiger partial charge in [0.05, 0.1) is 16.9 Å². The minimum Gasteiger partial charge on any atom is -0.506 e. The van der Waals surface area contributed by atoms with Crippen molar-refractivity contribution >= 4 is 50.4 Å². The summed E-state index contributed by atoms with van der Waals surface area (Å²) in [6.45, 7) is 8.39. The molecule has 3 amide bonds. The van der Waals surface area contributed by atoms with Crippen LogP contribution in [0.3, 0.4) is 0 Å². The Hall–Kier alpha value is -4.74. The third-order valence-corrected chi connectivity index (χ3v) is 9.81. The Kier molecular flexibility index (Phi) is 13.3. The molecule has 0 spiro atoms. The standard InChI is InChI=1S/C21H19N5O3S.C12H24N2O5S/c1-12-9-13(11-30-21-23-24-25-26(21)2)7-8-17(12)29-18-10-16(20(22)28)19(27)15-6-4-3-5-14(15)18;1-5-9(10(13)15)6-8(2)11(16)14-12(3,4)7-20(17,18)19/h3-10,27H,11H2,1-2H3,(H2,22,28);8-9H,5-7H2,1-4H3,(H2,13,15)(H,14,16)(H,17,18,19). The maximum atomic E-state index is 12.0. The number of aromatic nitrogens is 4. The molecule has 1 aromatic heterocycles. The van der Waals surface area contributed by atoms with Crippen LogP contribution in [0, 0.1) is 18.8 Å². The Bertz CT molecular complexity index is 1960. The second kappa shape index (κ2) is 16.8. The summed E-state index contributed by atoms with van der Waals surface area (Å²) >= 11 is 1.54. The number of rotatable bonds is 14. The summed E-state index contributed by atoms with van der Waals surface area (Å²) in [4.78, 5) is 34.9. The Morgan fingerprint density at radius 2 is 1.74 bits per heavy atom. The number of aromatic hydroxyl groups is 1. The van der Waals surface area contributed by atoms with Gasteiger partial charge >= 0.3 is 0 Å². The van der Waals surface area contributed by atoms with Crippen molar-refractivity contribution in [3.8, 4) is 17.2 Å². The number of aryl methyl sites for hydroxylation is 2. The first-order valence-electron chi connectivity index (χ1n) is 15.5. The summed E-state index contributed by atoms with van der Waals surface area (Å²) < 4.78 is 38.3. The molecule has 50 heavy (non-hydrogen) atoms. The van der Waals surface area contributed by atoms with Gasteiger partial charge in [0.15, 0.2) is 0 Å². The van der Waals surface area contributed by atoms with Crippen LogP contribution >= 0.6 is 11.8 Å². The number of nitrogens with one attached hydrogen (secondary N) is 1. The number of fused-ring (bicyclic) bond motifs is 1. The number of hydrogen-bond acceptors (Lipinski definition) is 11. The number of carbonyl (C=O) groups excluding carboxylic acids is 3. The number of hydrogen-bond donors (Lipinski definition) is 5. The molecule has 7 N–H and O–H groups in total. The maximum Gasteiger partial charge on any atom is 0.267 e. The van der Waals surface area contributed by atoms with E-state index >= 15 is 0 Å². The van der Waals surface area contributed by atoms with Crippen LogP contribution in [0.5, 0.6) is 17.2 Å². The zero-order valence-corrected chi connectivity index (χ0v) is 30.3. The van der Waals surface area contributed by atoms with E-state index in [0.717, 1.165) is 16.3 Å². The van der Waals surface area contributed by atoms with Gasteiger partial charge in [0.1, 0.15) is 17.2 Å². The molecule has 2 atom stereocenters. The Balaban J connectivity index is 0.000000297. The SMILES string of the molecule is CCC(CC(C)C(=O)NC(C)(C)CS(=O)(=O)O)C(N)=O.Cc1cc(CSc2nnnn2C)ccc1Oc1cc(C(N)=O)c(O)c2ccccc12. The number of nitrogens with two attached hydrogens (primary N) is 2. The van der Waals surface area contributed by atoms with E-state index in [2.05, 4.69) is 20.8 Å². The number of thioether (sulfide) groups is 1. The van der Waals surface area contributed by atoms with Gasteiger partial charge < -0.3 is 26.6 Å². The molecule has 4 rings (SSSR count). The lowest BCUT2D eigenvalue weighted by molar-refractivity contribution is -0.127. The third kappa shape index (κ3) is 11.1. The molecule has 2 unspecified atom stereocenters. The molecule has 0 radical (unpaired) electrons. The average Bonchev–Trinajstić information content (AvgIpc) is 3.43. The molecule has 3 aromatic carbocycles. The molecule has 1 heterocycles. The zero-order valence-electron chi connectivity index (χ0n) is 28.7. The number of nitrogens with zero attached hydrogens (tertiary/aromatic N) is 4. The topological polar surface area (TPSA) is 243 Å². The van der Waals surface area contributed by atoms with Crippen molar-refractivity contribution < 1.29 is 37.2 Å². The quantitative estimate of drug-likeness (QED) is 0.0918. The largest absolute Gasteiger partial charge is 0.506 e. The van der Waals surface area contributed by atoms with Crippen molar-refractivity contribution in [1.29, 1.82) is 0 Å². The van der Waals surface area contributed by atoms with Gasteiger partial charge in [-0.2, -0.15) is 8.42 Å². The Morgan fingerprint density at radius 1 is 1.08 bits per heavy atom. The van der Waals surface area contributed by atoms with E-state index in [1.165, 1.54) is 19.9 Å². The van der Waals surface area contributed by atoms with Crippen LogP contribution in [0.15, 0.2) is 53.7 Å². The van der Waals surface area contributed by atoms with Crippen LogP contribution in [-0.4, -0.2) is 67.3 Å². The lowest BCUT2D eigenvalue weighted by atomic mass is 9.92. The maximum absolute atomic E-state index is 12.0. The van der Waals surface area contributed by atoms with Gasteiger partial charge in [-0.15, -0.1) is 5.10 Å². The summed E-state index contributed by atoms with van der Waals surface area (Å²) in [5.74, 6) is -1.33. The molecule has 0 fully saturated rings. The van der Waals surface area contributed by atoms with Crippen LogP contribution in [-0.2, 0) is 32.5 Å². The van der Waals surface area contributed by atoms with E-state index in [-0.39, 0.29) is 23.1 Å². The fourth-order valence-corrected chi connectivity index (χ4v) is 6.87. The molecule has 0 aliphatic heterocycles. The molecule has 0 bridgehead atoms. The van der Waals surface area contributed by atoms with E-state index < -0.39 is 39.1 Å². The van der Waals surface area contributed by atoms with Crippen LogP contribution in [0.1, 0.15) is 62.0 Å². The summed E-state index contributed by atoms with van der Waals surface area (Å²) in [5, 5.41) is 26.3. The number of amides is 3. The minimum absolute atomic E-state index is 0.0201. The number of phenols is 1. The number of tetrazole rings is 1. The van der Waals surface area contributed by atoms with Crippen molar-refractivity contribution in [3.63, 3.8) is 0 Å². The first-order chi connectivity index (χ1) is 23.3. The van der Waals surface area contributed by atoms with Gasteiger partial charge in [-0.1, -0.05) is 62.0 Å². The zero-order chi connectivity index (χ0) is 37.4. The first kappa shape index (κ1) is 39.7. The van der Waals surface area contributed by atoms with Crippen molar-refractivity contribution in [2.75, 3.05) is 5.75 Å². The van der Waals surface area contributed by atoms with Gasteiger partial charge in [-0.3, -0.25) is 18.9 Å². The van der Waals surface area contributed by atoms with Crippen LogP contribution in [0.2, 0.25) is 0 Å². The molecule has 0 aliphatic carbocycles. The van der Waals surface area contributed by atoms with Crippen molar-refractivity contribution in [2.24, 2.45) is 30.4 Å². The van der Waals surface area contributed by atoms with E-state index in [4.69, 9.17) is 20.8 Å². The lowest BCUT2D eigenvalue weighted by Gasteiger charge is -2.27. The summed E-state index contributed by atoms with van der Waals surface area (Å²) in [6, 6.07) is 14.5. The van der Waals surface area contributed by atoms with Crippen molar-refractivity contribution in [1.82, 2.24) is 25.5 Å². The highest BCUT2D eigenvalue weighted by molar-refractivity contribution is 7.98. The van der Waals surface area contributed by atoms with Crippen LogP contribution in [0.25, 0.3) is 10.8 Å². The predicted octanol–water partition coefficient (Wildman–Crippen LogP) is 3.87. The molecule has 15 nitrogen and oxygen atoms in total. The molecule has 17 heteroatoms. The highest BCUT2D eigenvalue weighted by atomic mass is 32.2. The second-order valence-electron chi connectivity index (χ2n) is 12.5. The fraction of sp³-hybridized carbons (Fsp3) is 0.394. The molecule has 270 valence electrons. The summed E-state index contributed by atoms with van der Waals surface area (Å²) in [5.41, 5.74) is 11.6. The number of ether oxygens (including phenoxy) is 1. The predicted molar refractivity (Wildman–Crippen MR) is 189 cm³/mol. The Morgan fingerprint density at radius 3 is 2.28 bits per heavy atom. The molecular weight excluding hydrogens is 687 g/mol. The van der Waals surface area contributed by atoms with Gasteiger partial charge in [-0.05, 0) is 67.3 Å². The fourth-order valence-electron chi connectivity index (χ4n) is 5.09. The molecule has 0 saturated heterocycles. The van der Waals surface area contributed by atoms with E-state index in [1.54, 1.807) is 42.5 Å². The smallest absolute Gasteiger partial charge is 0.267 e. The number of carbonyl (C=O) groups is 3. The third-order valence-electron chi connectivity index (χ3n) is 7.64. The molecular formula is C33H43N7O8S2. The number of benzene rings is 3. The highest BCUT2D eigenvalue weighted by Gasteiger charge is 2.30.